The van der Waals surface area contributed by atoms with Gasteiger partial charge in [0.25, 0.3) is 0 Å². The first-order valence-electron chi connectivity index (χ1n) is 3.94. The Morgan fingerprint density at radius 3 is 2.85 bits per heavy atom. The third kappa shape index (κ3) is 1.82. The van der Waals surface area contributed by atoms with Crippen molar-refractivity contribution >= 4 is 34.1 Å². The first kappa shape index (κ1) is 8.92. The molecule has 2 aromatic carbocycles. The minimum absolute atomic E-state index is 0.783. The molecule has 1 radical (unpaired) electrons. The van der Waals surface area contributed by atoms with Crippen LogP contribution in [0.2, 0.25) is 5.02 Å². The smallest absolute Gasteiger partial charge is 0.0412 e. The predicted molar refractivity (Wildman–Crippen MR) is 59.6 cm³/mol. The van der Waals surface area contributed by atoms with E-state index in [0.29, 0.717) is 0 Å². The van der Waals surface area contributed by atoms with E-state index in [4.69, 9.17) is 11.6 Å². The van der Waals surface area contributed by atoms with E-state index in [0.717, 1.165) is 9.92 Å². The number of hydrogen-bond acceptors (Lipinski definition) is 1. The van der Waals surface area contributed by atoms with Gasteiger partial charge in [0.1, 0.15) is 0 Å². The number of fused-ring (bicyclic) bond motifs is 1. The maximum absolute atomic E-state index is 5.90. The van der Waals surface area contributed by atoms with Gasteiger partial charge in [0.05, 0.1) is 0 Å². The second-order valence-corrected chi connectivity index (χ2v) is 4.06. The van der Waals surface area contributed by atoms with Gasteiger partial charge in [0.15, 0.2) is 0 Å². The lowest BCUT2D eigenvalue weighted by Gasteiger charge is -2.00. The zero-order valence-electron chi connectivity index (χ0n) is 7.17. The van der Waals surface area contributed by atoms with Crippen LogP contribution in [0, 0.1) is 6.07 Å². The van der Waals surface area contributed by atoms with E-state index in [1.54, 1.807) is 11.8 Å². The van der Waals surface area contributed by atoms with E-state index in [2.05, 4.69) is 12.1 Å². The molecule has 0 nitrogen and oxygen atoms in total. The lowest BCUT2D eigenvalue weighted by atomic mass is 10.1. The molecule has 0 saturated heterocycles. The average molecular weight is 208 g/mol. The van der Waals surface area contributed by atoms with E-state index >= 15 is 0 Å². The van der Waals surface area contributed by atoms with Crippen molar-refractivity contribution in [3.8, 4) is 0 Å². The lowest BCUT2D eigenvalue weighted by Crippen LogP contribution is -1.74. The molecule has 2 heteroatoms. The van der Waals surface area contributed by atoms with Crippen molar-refractivity contribution in [1.82, 2.24) is 0 Å². The number of rotatable bonds is 1. The fourth-order valence-electron chi connectivity index (χ4n) is 1.25. The topological polar surface area (TPSA) is 0 Å². The van der Waals surface area contributed by atoms with Crippen LogP contribution in [0.1, 0.15) is 0 Å². The van der Waals surface area contributed by atoms with Crippen molar-refractivity contribution in [1.29, 1.82) is 0 Å². The Hall–Kier alpha value is -0.660. The van der Waals surface area contributed by atoms with Crippen LogP contribution in [-0.2, 0) is 0 Å². The van der Waals surface area contributed by atoms with Crippen LogP contribution in [0.4, 0.5) is 0 Å². The zero-order chi connectivity index (χ0) is 9.26. The summed E-state index contributed by atoms with van der Waals surface area (Å²) in [6.45, 7) is 0. The van der Waals surface area contributed by atoms with Crippen LogP contribution >= 0.6 is 23.4 Å². The van der Waals surface area contributed by atoms with Crippen molar-refractivity contribution in [3.63, 3.8) is 0 Å². The van der Waals surface area contributed by atoms with Gasteiger partial charge in [-0.3, -0.25) is 0 Å². The summed E-state index contributed by atoms with van der Waals surface area (Å²) in [5.41, 5.74) is 0. The maximum Gasteiger partial charge on any atom is 0.0412 e. The molecular formula is C11H8ClS. The molecule has 2 rings (SSSR count). The molecule has 0 aliphatic carbocycles. The summed E-state index contributed by atoms with van der Waals surface area (Å²) in [6.07, 6.45) is 2.04. The highest BCUT2D eigenvalue weighted by Crippen LogP contribution is 2.23. The van der Waals surface area contributed by atoms with Crippen molar-refractivity contribution in [2.24, 2.45) is 0 Å². The van der Waals surface area contributed by atoms with Gasteiger partial charge in [0, 0.05) is 9.92 Å². The Morgan fingerprint density at radius 2 is 2.08 bits per heavy atom. The molecule has 13 heavy (non-hydrogen) atoms. The van der Waals surface area contributed by atoms with Gasteiger partial charge < -0.3 is 0 Å². The molecule has 0 bridgehead atoms. The minimum atomic E-state index is 0.783. The largest absolute Gasteiger partial charge is 0.129 e. The Kier molecular flexibility index (Phi) is 2.47. The van der Waals surface area contributed by atoms with E-state index in [-0.39, 0.29) is 0 Å². The Labute approximate surface area is 86.9 Å². The Bertz CT molecular complexity index is 437. The summed E-state index contributed by atoms with van der Waals surface area (Å²) in [7, 11) is 0. The molecule has 0 aromatic heterocycles. The maximum atomic E-state index is 5.90. The fraction of sp³-hybridized carbons (Fsp3) is 0.0909. The van der Waals surface area contributed by atoms with Crippen molar-refractivity contribution < 1.29 is 0 Å². The zero-order valence-corrected chi connectivity index (χ0v) is 8.75. The van der Waals surface area contributed by atoms with Crippen molar-refractivity contribution in [3.05, 3.63) is 41.4 Å². The van der Waals surface area contributed by atoms with Crippen molar-refractivity contribution in [2.75, 3.05) is 6.26 Å². The predicted octanol–water partition coefficient (Wildman–Crippen LogP) is 4.02. The van der Waals surface area contributed by atoms with Gasteiger partial charge in [-0.1, -0.05) is 17.7 Å². The molecule has 0 aliphatic rings. The van der Waals surface area contributed by atoms with E-state index < -0.39 is 0 Å². The summed E-state index contributed by atoms with van der Waals surface area (Å²) in [4.78, 5) is 1.15. The number of benzene rings is 2. The molecule has 0 amide bonds. The summed E-state index contributed by atoms with van der Waals surface area (Å²) in [5, 5.41) is 3.14. The highest BCUT2D eigenvalue weighted by atomic mass is 35.5. The SMILES string of the molecule is CSc1[c]cc2ccc(Cl)cc2c1. The highest BCUT2D eigenvalue weighted by molar-refractivity contribution is 7.98. The Balaban J connectivity index is 2.68. The molecule has 0 spiro atoms. The van der Waals surface area contributed by atoms with Gasteiger partial charge in [-0.15, -0.1) is 11.8 Å². The standard InChI is InChI=1S/C11H8ClS/c1-13-11-5-3-8-2-4-10(12)6-9(8)7-11/h2-4,6-7H,1H3. The highest BCUT2D eigenvalue weighted by Gasteiger charge is 1.96. The third-order valence-electron chi connectivity index (χ3n) is 1.93. The van der Waals surface area contributed by atoms with E-state index in [1.165, 1.54) is 10.8 Å². The molecule has 0 unspecified atom stereocenters. The van der Waals surface area contributed by atoms with Gasteiger partial charge in [-0.25, -0.2) is 0 Å². The molecule has 0 heterocycles. The van der Waals surface area contributed by atoms with Crippen LogP contribution < -0.4 is 0 Å². The molecule has 0 N–H and O–H groups in total. The van der Waals surface area contributed by atoms with Gasteiger partial charge in [0.2, 0.25) is 0 Å². The molecule has 2 aromatic rings. The molecule has 0 aliphatic heterocycles. The normalized spacial score (nSPS) is 10.6. The second-order valence-electron chi connectivity index (χ2n) is 2.77. The third-order valence-corrected chi connectivity index (χ3v) is 2.84. The van der Waals surface area contributed by atoms with Crippen LogP contribution in [0.3, 0.4) is 0 Å². The molecular weight excluding hydrogens is 200 g/mol. The second kappa shape index (κ2) is 3.60. The summed E-state index contributed by atoms with van der Waals surface area (Å²) in [5.74, 6) is 0. The first-order chi connectivity index (χ1) is 6.29. The van der Waals surface area contributed by atoms with Gasteiger partial charge >= 0.3 is 0 Å². The summed E-state index contributed by atoms with van der Waals surface area (Å²) in [6, 6.07) is 13.2. The van der Waals surface area contributed by atoms with E-state index in [9.17, 15) is 0 Å². The number of halogens is 1. The Morgan fingerprint density at radius 1 is 1.23 bits per heavy atom. The minimum Gasteiger partial charge on any atom is -0.129 e. The molecule has 65 valence electrons. The lowest BCUT2D eigenvalue weighted by molar-refractivity contribution is 1.49. The van der Waals surface area contributed by atoms with Crippen LogP contribution in [0.25, 0.3) is 10.8 Å². The van der Waals surface area contributed by atoms with Crippen LogP contribution in [-0.4, -0.2) is 6.26 Å². The first-order valence-corrected chi connectivity index (χ1v) is 5.55. The fourth-order valence-corrected chi connectivity index (χ4v) is 1.85. The van der Waals surface area contributed by atoms with Crippen LogP contribution in [0.5, 0.6) is 0 Å². The van der Waals surface area contributed by atoms with Crippen molar-refractivity contribution in [2.45, 2.75) is 4.90 Å². The van der Waals surface area contributed by atoms with Gasteiger partial charge in [-0.2, -0.15) is 0 Å². The number of thioether (sulfide) groups is 1. The van der Waals surface area contributed by atoms with E-state index in [1.807, 2.05) is 30.5 Å². The monoisotopic (exact) mass is 207 g/mol. The summed E-state index contributed by atoms with van der Waals surface area (Å²) >= 11 is 7.59. The molecule has 0 fully saturated rings. The van der Waals surface area contributed by atoms with Crippen LogP contribution in [0.15, 0.2) is 35.2 Å². The molecule has 0 saturated carbocycles. The average Bonchev–Trinajstić information content (AvgIpc) is 2.16. The van der Waals surface area contributed by atoms with Gasteiger partial charge in [-0.05, 0) is 47.4 Å². The number of hydrogen-bond donors (Lipinski definition) is 0. The molecule has 0 atom stereocenters. The quantitative estimate of drug-likeness (QED) is 0.637. The summed E-state index contributed by atoms with van der Waals surface area (Å²) < 4.78 is 0.